The van der Waals surface area contributed by atoms with E-state index in [0.29, 0.717) is 5.17 Å². The fraction of sp³-hybridized carbons (Fsp3) is 0.0667. The summed E-state index contributed by atoms with van der Waals surface area (Å²) in [4.78, 5) is 0. The zero-order valence-corrected chi connectivity index (χ0v) is 13.7. The van der Waals surface area contributed by atoms with Gasteiger partial charge in [-0.3, -0.25) is 0 Å². The van der Waals surface area contributed by atoms with Crippen molar-refractivity contribution >= 4 is 45.7 Å². The van der Waals surface area contributed by atoms with E-state index < -0.39 is 0 Å². The number of benzene rings is 2. The number of nitrogens with two attached hydrogens (primary N) is 1. The van der Waals surface area contributed by atoms with Crippen molar-refractivity contribution in [2.75, 3.05) is 0 Å². The van der Waals surface area contributed by atoms with Crippen LogP contribution >= 0.6 is 34.4 Å². The van der Waals surface area contributed by atoms with E-state index in [-0.39, 0.29) is 0 Å². The molecule has 2 rings (SSSR count). The molecule has 0 fully saturated rings. The second-order valence-corrected chi connectivity index (χ2v) is 6.25. The van der Waals surface area contributed by atoms with Crippen LogP contribution in [0.15, 0.2) is 64.8 Å². The predicted molar refractivity (Wildman–Crippen MR) is 96.1 cm³/mol. The van der Waals surface area contributed by atoms with E-state index in [4.69, 9.17) is 5.73 Å². The van der Waals surface area contributed by atoms with Gasteiger partial charge in [0.25, 0.3) is 0 Å². The van der Waals surface area contributed by atoms with Crippen molar-refractivity contribution in [1.82, 2.24) is 0 Å². The Bertz CT molecular complexity index is 594. The Morgan fingerprint density at radius 1 is 1.10 bits per heavy atom. The Morgan fingerprint density at radius 3 is 2.50 bits per heavy atom. The molecule has 0 aliphatic rings. The Labute approximate surface area is 136 Å². The minimum absolute atomic E-state index is 0.468. The first kappa shape index (κ1) is 15.1. The van der Waals surface area contributed by atoms with Gasteiger partial charge in [0.15, 0.2) is 5.17 Å². The maximum Gasteiger partial charge on any atom is 0.180 e. The second-order valence-electron chi connectivity index (χ2n) is 4.01. The Balaban J connectivity index is 1.86. The van der Waals surface area contributed by atoms with Crippen molar-refractivity contribution in [1.29, 1.82) is 0 Å². The minimum Gasteiger partial charge on any atom is -0.377 e. The van der Waals surface area contributed by atoms with Gasteiger partial charge in [-0.25, -0.2) is 0 Å². The zero-order chi connectivity index (χ0) is 14.2. The highest BCUT2D eigenvalue weighted by Gasteiger charge is 1.95. The van der Waals surface area contributed by atoms with Crippen LogP contribution in [0.5, 0.6) is 0 Å². The number of thioether (sulfide) groups is 1. The number of hydrogen-bond acceptors (Lipinski definition) is 3. The molecule has 0 heterocycles. The summed E-state index contributed by atoms with van der Waals surface area (Å²) in [5.41, 5.74) is 8.04. The third-order valence-electron chi connectivity index (χ3n) is 2.46. The van der Waals surface area contributed by atoms with Gasteiger partial charge in [-0.15, -0.1) is 5.10 Å². The molecular formula is C15H14IN3S. The molecule has 102 valence electrons. The third kappa shape index (κ3) is 5.34. The first-order valence-corrected chi connectivity index (χ1v) is 8.09. The van der Waals surface area contributed by atoms with Crippen molar-refractivity contribution in [2.45, 2.75) is 5.75 Å². The highest BCUT2D eigenvalue weighted by atomic mass is 127. The molecule has 0 atom stereocenters. The van der Waals surface area contributed by atoms with E-state index in [1.54, 1.807) is 6.21 Å². The van der Waals surface area contributed by atoms with E-state index in [1.165, 1.54) is 20.9 Å². The predicted octanol–water partition coefficient (Wildman–Crippen LogP) is 3.87. The zero-order valence-electron chi connectivity index (χ0n) is 10.7. The molecule has 0 bridgehead atoms. The molecule has 0 aliphatic heterocycles. The molecule has 0 radical (unpaired) electrons. The number of rotatable bonds is 4. The van der Waals surface area contributed by atoms with Gasteiger partial charge in [-0.05, 0) is 45.9 Å². The highest BCUT2D eigenvalue weighted by molar-refractivity contribution is 14.1. The van der Waals surface area contributed by atoms with Gasteiger partial charge in [0.05, 0.1) is 6.21 Å². The Kier molecular flexibility index (Phi) is 6.07. The lowest BCUT2D eigenvalue weighted by molar-refractivity contribution is 1.25. The van der Waals surface area contributed by atoms with Crippen LogP contribution in [0.1, 0.15) is 11.1 Å². The van der Waals surface area contributed by atoms with Crippen LogP contribution in [0.3, 0.4) is 0 Å². The van der Waals surface area contributed by atoms with E-state index in [1.807, 2.05) is 42.5 Å². The largest absolute Gasteiger partial charge is 0.377 e. The van der Waals surface area contributed by atoms with E-state index >= 15 is 0 Å². The molecule has 5 heteroatoms. The number of hydrogen-bond donors (Lipinski definition) is 1. The van der Waals surface area contributed by atoms with Crippen molar-refractivity contribution in [3.63, 3.8) is 0 Å². The Hall–Kier alpha value is -1.34. The lowest BCUT2D eigenvalue weighted by atomic mass is 10.2. The molecule has 0 aromatic heterocycles. The molecule has 2 N–H and O–H groups in total. The lowest BCUT2D eigenvalue weighted by Crippen LogP contribution is -2.05. The van der Waals surface area contributed by atoms with Gasteiger partial charge in [0.2, 0.25) is 0 Å². The molecule has 2 aromatic rings. The fourth-order valence-corrected chi connectivity index (χ4v) is 2.43. The first-order chi connectivity index (χ1) is 9.74. The molecule has 3 nitrogen and oxygen atoms in total. The smallest absolute Gasteiger partial charge is 0.180 e. The molecule has 2 aromatic carbocycles. The standard InChI is InChI=1S/C15H14IN3S/c16-14-8-6-12(7-9-14)10-18-19-15(17)20-11-13-4-2-1-3-5-13/h1-10H,11H2,(H2,17,19). The fourth-order valence-electron chi connectivity index (χ4n) is 1.46. The summed E-state index contributed by atoms with van der Waals surface area (Å²) in [6, 6.07) is 18.2. The quantitative estimate of drug-likeness (QED) is 0.370. The average molecular weight is 395 g/mol. The van der Waals surface area contributed by atoms with Gasteiger partial charge < -0.3 is 5.73 Å². The van der Waals surface area contributed by atoms with Gasteiger partial charge in [-0.2, -0.15) is 5.10 Å². The summed E-state index contributed by atoms with van der Waals surface area (Å²) in [5.74, 6) is 0.801. The molecule has 0 amide bonds. The molecular weight excluding hydrogens is 381 g/mol. The molecule has 0 aliphatic carbocycles. The van der Waals surface area contributed by atoms with E-state index in [9.17, 15) is 0 Å². The SMILES string of the molecule is NC(=NN=Cc1ccc(I)cc1)SCc1ccccc1. The molecule has 0 spiro atoms. The van der Waals surface area contributed by atoms with Crippen LogP contribution in [0, 0.1) is 3.57 Å². The summed E-state index contributed by atoms with van der Waals surface area (Å²) in [6.45, 7) is 0. The highest BCUT2D eigenvalue weighted by Crippen LogP contribution is 2.11. The van der Waals surface area contributed by atoms with Crippen molar-refractivity contribution < 1.29 is 0 Å². The summed E-state index contributed by atoms with van der Waals surface area (Å²) in [5, 5.41) is 8.45. The molecule has 0 saturated carbocycles. The Morgan fingerprint density at radius 2 is 1.80 bits per heavy atom. The number of halogens is 1. The summed E-state index contributed by atoms with van der Waals surface area (Å²) in [7, 11) is 0. The van der Waals surface area contributed by atoms with Gasteiger partial charge >= 0.3 is 0 Å². The van der Waals surface area contributed by atoms with Crippen LogP contribution in [0.2, 0.25) is 0 Å². The van der Waals surface area contributed by atoms with Crippen LogP contribution < -0.4 is 5.73 Å². The van der Waals surface area contributed by atoms with Crippen LogP contribution in [-0.2, 0) is 5.75 Å². The molecule has 0 saturated heterocycles. The normalized spacial score (nSPS) is 11.9. The van der Waals surface area contributed by atoms with Crippen molar-refractivity contribution in [3.8, 4) is 0 Å². The summed E-state index contributed by atoms with van der Waals surface area (Å²) >= 11 is 3.75. The number of nitrogens with zero attached hydrogens (tertiary/aromatic N) is 2. The molecule has 20 heavy (non-hydrogen) atoms. The minimum atomic E-state index is 0.468. The molecule has 0 unspecified atom stereocenters. The van der Waals surface area contributed by atoms with Gasteiger partial charge in [-0.1, -0.05) is 54.2 Å². The maximum atomic E-state index is 5.81. The summed E-state index contributed by atoms with van der Waals surface area (Å²) in [6.07, 6.45) is 1.70. The second kappa shape index (κ2) is 8.06. The summed E-state index contributed by atoms with van der Waals surface area (Å²) < 4.78 is 1.20. The van der Waals surface area contributed by atoms with Gasteiger partial charge in [0.1, 0.15) is 0 Å². The third-order valence-corrected chi connectivity index (χ3v) is 4.04. The lowest BCUT2D eigenvalue weighted by Gasteiger charge is -1.99. The topological polar surface area (TPSA) is 50.7 Å². The van der Waals surface area contributed by atoms with E-state index in [0.717, 1.165) is 11.3 Å². The van der Waals surface area contributed by atoms with Crippen LogP contribution in [0.25, 0.3) is 0 Å². The maximum absolute atomic E-state index is 5.81. The monoisotopic (exact) mass is 395 g/mol. The van der Waals surface area contributed by atoms with Crippen LogP contribution in [-0.4, -0.2) is 11.4 Å². The van der Waals surface area contributed by atoms with Crippen LogP contribution in [0.4, 0.5) is 0 Å². The number of amidine groups is 1. The average Bonchev–Trinajstić information content (AvgIpc) is 2.48. The van der Waals surface area contributed by atoms with Crippen molar-refractivity contribution in [2.24, 2.45) is 15.9 Å². The first-order valence-electron chi connectivity index (χ1n) is 6.03. The van der Waals surface area contributed by atoms with Gasteiger partial charge in [0, 0.05) is 9.32 Å². The van der Waals surface area contributed by atoms with E-state index in [2.05, 4.69) is 44.9 Å². The van der Waals surface area contributed by atoms with Crippen molar-refractivity contribution in [3.05, 3.63) is 69.3 Å².